The number of rotatable bonds is 3. The average molecular weight is 235 g/mol. The van der Waals surface area contributed by atoms with Crippen LogP contribution in [0, 0.1) is 0 Å². The fraction of sp³-hybridized carbons (Fsp3) is 0.250. The van der Waals surface area contributed by atoms with Gasteiger partial charge in [-0.2, -0.15) is 0 Å². The Bertz CT molecular complexity index is 406. The summed E-state index contributed by atoms with van der Waals surface area (Å²) in [5, 5.41) is 0. The highest BCUT2D eigenvalue weighted by Gasteiger charge is 2.32. The molecule has 0 aliphatic heterocycles. The van der Waals surface area contributed by atoms with Gasteiger partial charge in [0.15, 0.2) is 6.29 Å². The summed E-state index contributed by atoms with van der Waals surface area (Å²) in [7, 11) is 0. The van der Waals surface area contributed by atoms with Crippen LogP contribution in [-0.4, -0.2) is 17.6 Å². The monoisotopic (exact) mass is 235 g/mol. The van der Waals surface area contributed by atoms with Crippen LogP contribution < -0.4 is 16.2 Å². The molecule has 8 heteroatoms. The third kappa shape index (κ3) is 2.83. The van der Waals surface area contributed by atoms with Crippen molar-refractivity contribution in [3.8, 4) is 5.75 Å². The average Bonchev–Trinajstić information content (AvgIpc) is 2.14. The van der Waals surface area contributed by atoms with Crippen LogP contribution in [0.1, 0.15) is 16.1 Å². The lowest BCUT2D eigenvalue weighted by Crippen LogP contribution is -2.19. The number of aldehydes is 1. The van der Waals surface area contributed by atoms with E-state index in [0.29, 0.717) is 0 Å². The number of hydrogen-bond acceptors (Lipinski definition) is 5. The zero-order chi connectivity index (χ0) is 12.3. The maximum Gasteiger partial charge on any atom is 0.573 e. The molecule has 0 saturated heterocycles. The molecule has 0 atom stereocenters. The maximum atomic E-state index is 12.0. The third-order valence-corrected chi connectivity index (χ3v) is 1.66. The van der Waals surface area contributed by atoms with Gasteiger partial charge in [-0.15, -0.1) is 13.2 Å². The quantitative estimate of drug-likeness (QED) is 0.757. The van der Waals surface area contributed by atoms with Crippen molar-refractivity contribution < 1.29 is 22.7 Å². The smallest absolute Gasteiger partial charge is 0.405 e. The van der Waals surface area contributed by atoms with Gasteiger partial charge >= 0.3 is 6.36 Å². The topological polar surface area (TPSA) is 91.2 Å². The zero-order valence-corrected chi connectivity index (χ0v) is 7.91. The van der Waals surface area contributed by atoms with E-state index >= 15 is 0 Å². The molecule has 0 aromatic carbocycles. The Morgan fingerprint density at radius 3 is 2.56 bits per heavy atom. The van der Waals surface area contributed by atoms with Gasteiger partial charge in [-0.25, -0.2) is 4.98 Å². The van der Waals surface area contributed by atoms with E-state index in [-0.39, 0.29) is 29.9 Å². The summed E-state index contributed by atoms with van der Waals surface area (Å²) < 4.78 is 39.6. The lowest BCUT2D eigenvalue weighted by atomic mass is 10.2. The summed E-state index contributed by atoms with van der Waals surface area (Å²) >= 11 is 0. The minimum Gasteiger partial charge on any atom is -0.405 e. The van der Waals surface area contributed by atoms with Gasteiger partial charge < -0.3 is 16.2 Å². The molecular weight excluding hydrogens is 227 g/mol. The molecule has 0 spiro atoms. The summed E-state index contributed by atoms with van der Waals surface area (Å²) in [6.07, 6.45) is -4.72. The van der Waals surface area contributed by atoms with Crippen LogP contribution in [0.2, 0.25) is 0 Å². The first-order valence-corrected chi connectivity index (χ1v) is 4.07. The van der Waals surface area contributed by atoms with Crippen molar-refractivity contribution >= 4 is 12.1 Å². The number of hydrogen-bond donors (Lipinski definition) is 2. The normalized spacial score (nSPS) is 11.2. The van der Waals surface area contributed by atoms with Crippen LogP contribution in [0.3, 0.4) is 0 Å². The molecule has 5 nitrogen and oxygen atoms in total. The minimum absolute atomic E-state index is 0.0470. The number of nitrogens with two attached hydrogens (primary N) is 2. The predicted molar refractivity (Wildman–Crippen MR) is 48.6 cm³/mol. The maximum absolute atomic E-state index is 12.0. The number of carbonyl (C=O) groups is 1. The Morgan fingerprint density at radius 2 is 2.12 bits per heavy atom. The summed E-state index contributed by atoms with van der Waals surface area (Å²) in [5.74, 6) is -0.902. The molecule has 88 valence electrons. The Labute approximate surface area is 88.2 Å². The third-order valence-electron chi connectivity index (χ3n) is 1.66. The summed E-state index contributed by atoms with van der Waals surface area (Å²) in [6, 6.07) is 0.816. The lowest BCUT2D eigenvalue weighted by Gasteiger charge is -2.13. The number of nitrogens with zero attached hydrogens (tertiary/aromatic N) is 1. The van der Waals surface area contributed by atoms with E-state index in [1.807, 2.05) is 0 Å². The van der Waals surface area contributed by atoms with E-state index in [2.05, 4.69) is 9.72 Å². The number of nitrogen functional groups attached to an aromatic ring is 1. The number of alkyl halides is 3. The van der Waals surface area contributed by atoms with E-state index in [0.717, 1.165) is 6.07 Å². The first-order valence-electron chi connectivity index (χ1n) is 4.07. The first kappa shape index (κ1) is 12.2. The summed E-state index contributed by atoms with van der Waals surface area (Å²) in [4.78, 5) is 14.2. The lowest BCUT2D eigenvalue weighted by molar-refractivity contribution is -0.274. The van der Waals surface area contributed by atoms with Crippen LogP contribution in [-0.2, 0) is 6.54 Å². The second kappa shape index (κ2) is 4.35. The van der Waals surface area contributed by atoms with Gasteiger partial charge in [-0.1, -0.05) is 0 Å². The SMILES string of the molecule is NCc1nc(N)cc(OC(F)(F)F)c1C=O. The second-order valence-electron chi connectivity index (χ2n) is 2.78. The zero-order valence-electron chi connectivity index (χ0n) is 7.91. The Kier molecular flexibility index (Phi) is 3.33. The van der Waals surface area contributed by atoms with Crippen molar-refractivity contribution in [2.45, 2.75) is 12.9 Å². The molecule has 0 aliphatic carbocycles. The first-order chi connectivity index (χ1) is 7.37. The largest absolute Gasteiger partial charge is 0.573 e. The van der Waals surface area contributed by atoms with Gasteiger partial charge in [0.2, 0.25) is 0 Å². The second-order valence-corrected chi connectivity index (χ2v) is 2.78. The van der Waals surface area contributed by atoms with Crippen molar-refractivity contribution in [2.24, 2.45) is 5.73 Å². The molecule has 0 fully saturated rings. The molecule has 0 radical (unpaired) electrons. The molecule has 0 unspecified atom stereocenters. The fourth-order valence-corrected chi connectivity index (χ4v) is 1.09. The van der Waals surface area contributed by atoms with Gasteiger partial charge in [0.05, 0.1) is 11.3 Å². The number of carbonyl (C=O) groups excluding carboxylic acids is 1. The fourth-order valence-electron chi connectivity index (χ4n) is 1.09. The van der Waals surface area contributed by atoms with Crippen molar-refractivity contribution in [1.29, 1.82) is 0 Å². The number of ether oxygens (including phenoxy) is 1. The van der Waals surface area contributed by atoms with Crippen molar-refractivity contribution in [1.82, 2.24) is 4.98 Å². The molecule has 1 heterocycles. The highest BCUT2D eigenvalue weighted by molar-refractivity contribution is 5.81. The van der Waals surface area contributed by atoms with E-state index in [9.17, 15) is 18.0 Å². The molecule has 4 N–H and O–H groups in total. The number of halogens is 3. The van der Waals surface area contributed by atoms with Gasteiger partial charge in [-0.05, 0) is 0 Å². The molecule has 0 bridgehead atoms. The molecular formula is C8H8F3N3O2. The van der Waals surface area contributed by atoms with Gasteiger partial charge in [0, 0.05) is 12.6 Å². The molecule has 0 amide bonds. The Balaban J connectivity index is 3.25. The van der Waals surface area contributed by atoms with Gasteiger partial charge in [0.25, 0.3) is 0 Å². The van der Waals surface area contributed by atoms with Crippen LogP contribution in [0.4, 0.5) is 19.0 Å². The summed E-state index contributed by atoms with van der Waals surface area (Å²) in [6.45, 7) is -0.215. The Hall–Kier alpha value is -1.83. The molecule has 1 rings (SSSR count). The van der Waals surface area contributed by atoms with E-state index in [1.54, 1.807) is 0 Å². The van der Waals surface area contributed by atoms with Crippen LogP contribution in [0.25, 0.3) is 0 Å². The van der Waals surface area contributed by atoms with Crippen LogP contribution in [0.5, 0.6) is 5.75 Å². The van der Waals surface area contributed by atoms with E-state index < -0.39 is 12.1 Å². The van der Waals surface area contributed by atoms with Gasteiger partial charge in [-0.3, -0.25) is 4.79 Å². The van der Waals surface area contributed by atoms with Crippen molar-refractivity contribution in [2.75, 3.05) is 5.73 Å². The minimum atomic E-state index is -4.91. The van der Waals surface area contributed by atoms with Crippen LogP contribution in [0.15, 0.2) is 6.07 Å². The molecule has 0 aliphatic rings. The molecule has 16 heavy (non-hydrogen) atoms. The predicted octanol–water partition coefficient (Wildman–Crippen LogP) is 0.834. The van der Waals surface area contributed by atoms with Crippen molar-refractivity contribution in [3.63, 3.8) is 0 Å². The highest BCUT2D eigenvalue weighted by Crippen LogP contribution is 2.28. The van der Waals surface area contributed by atoms with Crippen LogP contribution >= 0.6 is 0 Å². The van der Waals surface area contributed by atoms with Gasteiger partial charge in [0.1, 0.15) is 11.6 Å². The molecule has 1 aromatic rings. The number of pyridine rings is 1. The molecule has 1 aromatic heterocycles. The number of aromatic nitrogens is 1. The molecule has 0 saturated carbocycles. The number of anilines is 1. The standard InChI is InChI=1S/C8H8F3N3O2/c9-8(10,11)16-6-1-7(13)14-5(2-12)4(6)3-15/h1,3H,2,12H2,(H2,13,14). The van der Waals surface area contributed by atoms with E-state index in [1.165, 1.54) is 0 Å². The Morgan fingerprint density at radius 1 is 1.50 bits per heavy atom. The highest BCUT2D eigenvalue weighted by atomic mass is 19.4. The van der Waals surface area contributed by atoms with E-state index in [4.69, 9.17) is 11.5 Å². The van der Waals surface area contributed by atoms with Crippen molar-refractivity contribution in [3.05, 3.63) is 17.3 Å². The summed E-state index contributed by atoms with van der Waals surface area (Å²) in [5.41, 5.74) is 10.1.